The lowest BCUT2D eigenvalue weighted by molar-refractivity contribution is 0.630. The van der Waals surface area contributed by atoms with Gasteiger partial charge in [0, 0.05) is 10.0 Å². The third-order valence-electron chi connectivity index (χ3n) is 5.23. The second-order valence-electron chi connectivity index (χ2n) is 7.30. The van der Waals surface area contributed by atoms with Gasteiger partial charge in [0.05, 0.1) is 23.6 Å². The number of H-pyrrole nitrogens is 1. The van der Waals surface area contributed by atoms with Crippen LogP contribution < -0.4 is 10.9 Å². The van der Waals surface area contributed by atoms with Crippen molar-refractivity contribution in [3.8, 4) is 5.69 Å². The number of hydrogen-bond donors (Lipinski definition) is 2. The van der Waals surface area contributed by atoms with E-state index in [2.05, 4.69) is 30.2 Å². The molecule has 0 saturated heterocycles. The van der Waals surface area contributed by atoms with Gasteiger partial charge in [-0.25, -0.2) is 24.3 Å². The van der Waals surface area contributed by atoms with Gasteiger partial charge in [-0.3, -0.25) is 9.36 Å². The summed E-state index contributed by atoms with van der Waals surface area (Å²) in [5, 5.41) is 3.85. The van der Waals surface area contributed by atoms with E-state index in [0.717, 1.165) is 0 Å². The van der Waals surface area contributed by atoms with Crippen molar-refractivity contribution >= 4 is 51.1 Å². The summed E-state index contributed by atoms with van der Waals surface area (Å²) >= 11 is 12.4. The number of halogens is 3. The van der Waals surface area contributed by atoms with Gasteiger partial charge < -0.3 is 10.3 Å². The summed E-state index contributed by atoms with van der Waals surface area (Å²) in [5.74, 6) is 0.159. The van der Waals surface area contributed by atoms with Crippen molar-refractivity contribution in [1.29, 1.82) is 0 Å². The molecular weight excluding hydrogens is 468 g/mol. The molecule has 2 aromatic carbocycles. The number of nitrogens with zero attached hydrogens (tertiary/aromatic N) is 5. The molecule has 11 heteroatoms. The van der Waals surface area contributed by atoms with Crippen LogP contribution in [-0.4, -0.2) is 29.5 Å². The first-order valence-electron chi connectivity index (χ1n) is 10.0. The predicted molar refractivity (Wildman–Crippen MR) is 126 cm³/mol. The van der Waals surface area contributed by atoms with E-state index in [4.69, 9.17) is 23.2 Å². The molecule has 5 rings (SSSR count). The van der Waals surface area contributed by atoms with Crippen LogP contribution in [0.25, 0.3) is 27.8 Å². The van der Waals surface area contributed by atoms with Crippen molar-refractivity contribution in [2.75, 3.05) is 5.32 Å². The molecule has 8 nitrogen and oxygen atoms in total. The van der Waals surface area contributed by atoms with Crippen molar-refractivity contribution in [3.63, 3.8) is 0 Å². The number of imidazole rings is 1. The number of benzene rings is 2. The third kappa shape index (κ3) is 3.79. The molecule has 2 N–H and O–H groups in total. The van der Waals surface area contributed by atoms with Crippen LogP contribution in [0.1, 0.15) is 25.2 Å². The summed E-state index contributed by atoms with van der Waals surface area (Å²) < 4.78 is 16.0. The summed E-state index contributed by atoms with van der Waals surface area (Å²) in [6.07, 6.45) is 3.45. The first-order chi connectivity index (χ1) is 16.0. The molecule has 0 amide bonds. The van der Waals surface area contributed by atoms with Crippen LogP contribution in [0.5, 0.6) is 0 Å². The minimum Gasteiger partial charge on any atom is -0.358 e. The Morgan fingerprint density at radius 1 is 1.15 bits per heavy atom. The lowest BCUT2D eigenvalue weighted by atomic mass is 10.1. The SMILES string of the molecule is CCC(Nc1ncnc2[nH]cnc12)c1nc2cccc(F)c2c(=O)n1-c1cc(Cl)cc(Cl)c1. The van der Waals surface area contributed by atoms with Gasteiger partial charge >= 0.3 is 0 Å². The molecule has 3 heterocycles. The molecule has 33 heavy (non-hydrogen) atoms. The number of hydrogen-bond acceptors (Lipinski definition) is 6. The molecule has 0 bridgehead atoms. The zero-order chi connectivity index (χ0) is 23.1. The van der Waals surface area contributed by atoms with Crippen molar-refractivity contribution in [3.05, 3.63) is 81.1 Å². The quantitative estimate of drug-likeness (QED) is 0.362. The standard InChI is InChI=1S/C22H16Cl2FN7O/c1-2-15(30-20-18-19(27-9-26-18)28-10-29-20)21-31-16-5-3-4-14(25)17(16)22(33)32(21)13-7-11(23)6-12(24)8-13/h3-10,15H,2H2,1H3,(H2,26,27,28,29,30). The Hall–Kier alpha value is -3.56. The number of rotatable bonds is 5. The zero-order valence-corrected chi connectivity index (χ0v) is 18.7. The lowest BCUT2D eigenvalue weighted by Crippen LogP contribution is -2.29. The van der Waals surface area contributed by atoms with Gasteiger partial charge in [0.2, 0.25) is 0 Å². The predicted octanol–water partition coefficient (Wildman–Crippen LogP) is 5.06. The van der Waals surface area contributed by atoms with E-state index >= 15 is 0 Å². The number of fused-ring (bicyclic) bond motifs is 2. The fraction of sp³-hybridized carbons (Fsp3) is 0.136. The fourth-order valence-electron chi connectivity index (χ4n) is 3.74. The van der Waals surface area contributed by atoms with Gasteiger partial charge in [0.25, 0.3) is 5.56 Å². The average Bonchev–Trinajstić information content (AvgIpc) is 3.26. The van der Waals surface area contributed by atoms with Gasteiger partial charge in [-0.05, 0) is 36.8 Å². The molecule has 0 radical (unpaired) electrons. The maximum absolute atomic E-state index is 14.7. The highest BCUT2D eigenvalue weighted by molar-refractivity contribution is 6.34. The summed E-state index contributed by atoms with van der Waals surface area (Å²) in [5.41, 5.74) is 1.15. The second-order valence-corrected chi connectivity index (χ2v) is 8.17. The number of aromatic nitrogens is 6. The second kappa shape index (κ2) is 8.42. The van der Waals surface area contributed by atoms with Gasteiger partial charge in [-0.15, -0.1) is 0 Å². The smallest absolute Gasteiger partial charge is 0.269 e. The monoisotopic (exact) mass is 483 g/mol. The van der Waals surface area contributed by atoms with Crippen molar-refractivity contribution in [2.24, 2.45) is 0 Å². The Kier molecular flexibility index (Phi) is 5.43. The molecule has 1 unspecified atom stereocenters. The summed E-state index contributed by atoms with van der Waals surface area (Å²) in [4.78, 5) is 33.9. The number of anilines is 1. The molecule has 166 valence electrons. The first-order valence-corrected chi connectivity index (χ1v) is 10.8. The molecule has 0 fully saturated rings. The van der Waals surface area contributed by atoms with Crippen LogP contribution in [0.4, 0.5) is 10.2 Å². The molecular formula is C22H16Cl2FN7O. The summed E-state index contributed by atoms with van der Waals surface area (Å²) in [6, 6.07) is 8.56. The Labute approximate surface area is 196 Å². The molecule has 0 aliphatic carbocycles. The molecule has 5 aromatic rings. The highest BCUT2D eigenvalue weighted by Gasteiger charge is 2.23. The Morgan fingerprint density at radius 3 is 2.70 bits per heavy atom. The van der Waals surface area contributed by atoms with Crippen LogP contribution in [0.3, 0.4) is 0 Å². The molecule has 3 aromatic heterocycles. The van der Waals surface area contributed by atoms with E-state index < -0.39 is 17.4 Å². The van der Waals surface area contributed by atoms with Crippen LogP contribution in [0.15, 0.2) is 53.8 Å². The Bertz CT molecular complexity index is 1550. The molecule has 0 saturated carbocycles. The number of nitrogens with one attached hydrogen (secondary N) is 2. The van der Waals surface area contributed by atoms with Crippen molar-refractivity contribution in [2.45, 2.75) is 19.4 Å². The van der Waals surface area contributed by atoms with E-state index in [1.165, 1.54) is 29.4 Å². The molecule has 0 aliphatic heterocycles. The van der Waals surface area contributed by atoms with Gasteiger partial charge in [-0.1, -0.05) is 36.2 Å². The molecule has 0 spiro atoms. The van der Waals surface area contributed by atoms with Crippen molar-refractivity contribution in [1.82, 2.24) is 29.5 Å². The molecule has 1 atom stereocenters. The van der Waals surface area contributed by atoms with E-state index in [-0.39, 0.29) is 10.9 Å². The molecule has 0 aliphatic rings. The van der Waals surface area contributed by atoms with Gasteiger partial charge in [0.15, 0.2) is 11.5 Å². The third-order valence-corrected chi connectivity index (χ3v) is 5.66. The van der Waals surface area contributed by atoms with Crippen LogP contribution in [-0.2, 0) is 0 Å². The van der Waals surface area contributed by atoms with E-state index in [9.17, 15) is 9.18 Å². The maximum atomic E-state index is 14.7. The zero-order valence-electron chi connectivity index (χ0n) is 17.2. The fourth-order valence-corrected chi connectivity index (χ4v) is 4.26. The normalized spacial score (nSPS) is 12.4. The average molecular weight is 484 g/mol. The Balaban J connectivity index is 1.76. The maximum Gasteiger partial charge on any atom is 0.269 e. The minimum absolute atomic E-state index is 0.121. The van der Waals surface area contributed by atoms with Gasteiger partial charge in [-0.2, -0.15) is 0 Å². The van der Waals surface area contributed by atoms with Gasteiger partial charge in [0.1, 0.15) is 28.9 Å². The minimum atomic E-state index is -0.659. The summed E-state index contributed by atoms with van der Waals surface area (Å²) in [7, 11) is 0. The van der Waals surface area contributed by atoms with Crippen LogP contribution in [0.2, 0.25) is 10.0 Å². The highest BCUT2D eigenvalue weighted by atomic mass is 35.5. The van der Waals surface area contributed by atoms with Crippen LogP contribution in [0, 0.1) is 5.82 Å². The lowest BCUT2D eigenvalue weighted by Gasteiger charge is -2.22. The van der Waals surface area contributed by atoms with E-state index in [0.29, 0.717) is 45.0 Å². The van der Waals surface area contributed by atoms with E-state index in [1.54, 1.807) is 24.3 Å². The largest absolute Gasteiger partial charge is 0.358 e. The highest BCUT2D eigenvalue weighted by Crippen LogP contribution is 2.28. The van der Waals surface area contributed by atoms with Crippen LogP contribution >= 0.6 is 23.2 Å². The number of aromatic amines is 1. The summed E-state index contributed by atoms with van der Waals surface area (Å²) in [6.45, 7) is 1.93. The topological polar surface area (TPSA) is 101 Å². The first kappa shape index (κ1) is 21.3. The Morgan fingerprint density at radius 2 is 1.94 bits per heavy atom. The van der Waals surface area contributed by atoms with E-state index in [1.807, 2.05) is 6.92 Å². The van der Waals surface area contributed by atoms with Crippen molar-refractivity contribution < 1.29 is 4.39 Å².